The third-order valence-electron chi connectivity index (χ3n) is 5.55. The number of ether oxygens (including phenoxy) is 1. The highest BCUT2D eigenvalue weighted by Gasteiger charge is 2.48. The highest BCUT2D eigenvalue weighted by atomic mass is 16.5. The Morgan fingerprint density at radius 3 is 2.85 bits per heavy atom. The number of rotatable bonds is 6. The van der Waals surface area contributed by atoms with E-state index in [2.05, 4.69) is 39.4 Å². The molecule has 0 radical (unpaired) electrons. The molecule has 1 saturated heterocycles. The highest BCUT2D eigenvalue weighted by molar-refractivity contribution is 6.10. The summed E-state index contributed by atoms with van der Waals surface area (Å²) in [6.07, 6.45) is 6.75. The number of methoxy groups -OCH3 is 1. The monoisotopic (exact) mass is 457 g/mol. The number of allylic oxidation sites excluding steroid dienone is 2. The lowest BCUT2D eigenvalue weighted by molar-refractivity contribution is -0.122. The Balaban J connectivity index is 1.62. The second kappa shape index (κ2) is 9.11. The van der Waals surface area contributed by atoms with E-state index >= 15 is 0 Å². The molecule has 0 saturated carbocycles. The van der Waals surface area contributed by atoms with E-state index in [9.17, 15) is 14.4 Å². The van der Waals surface area contributed by atoms with Crippen LogP contribution in [0.3, 0.4) is 0 Å². The third-order valence-corrected chi connectivity index (χ3v) is 5.55. The molecule has 3 N–H and O–H groups in total. The molecule has 9 heteroatoms. The van der Waals surface area contributed by atoms with Gasteiger partial charge in [0.25, 0.3) is 11.8 Å². The molecule has 2 aromatic rings. The maximum absolute atomic E-state index is 13.0. The number of aromatic nitrogens is 1. The quantitative estimate of drug-likeness (QED) is 0.344. The van der Waals surface area contributed by atoms with Crippen molar-refractivity contribution in [3.05, 3.63) is 77.8 Å². The SMILES string of the molecule is C=C(/C=C\NC)c1cncc(C#C[C@]2(CN3Cc4ccc(OC)cc4C3=O)NC(=O)NC2=O)c1. The van der Waals surface area contributed by atoms with Gasteiger partial charge >= 0.3 is 6.03 Å². The van der Waals surface area contributed by atoms with Crippen molar-refractivity contribution < 1.29 is 19.1 Å². The molecular weight excluding hydrogens is 434 g/mol. The minimum Gasteiger partial charge on any atom is -0.497 e. The number of fused-ring (bicyclic) bond motifs is 1. The molecule has 4 amide bonds. The zero-order chi connectivity index (χ0) is 24.3. The molecule has 2 aliphatic rings. The van der Waals surface area contributed by atoms with Crippen molar-refractivity contribution in [3.8, 4) is 17.6 Å². The van der Waals surface area contributed by atoms with Crippen LogP contribution in [0.2, 0.25) is 0 Å². The molecule has 0 bridgehead atoms. The van der Waals surface area contributed by atoms with Gasteiger partial charge in [0.1, 0.15) is 5.75 Å². The number of amides is 4. The van der Waals surface area contributed by atoms with Crippen LogP contribution in [0, 0.1) is 11.8 Å². The number of carbonyl (C=O) groups is 3. The first kappa shape index (κ1) is 22.6. The van der Waals surface area contributed by atoms with Gasteiger partial charge in [-0.25, -0.2) is 4.79 Å². The molecule has 1 fully saturated rings. The van der Waals surface area contributed by atoms with Gasteiger partial charge in [0.2, 0.25) is 5.54 Å². The average Bonchev–Trinajstić information content (AvgIpc) is 3.30. The largest absolute Gasteiger partial charge is 0.497 e. The van der Waals surface area contributed by atoms with E-state index in [1.54, 1.807) is 49.9 Å². The lowest BCUT2D eigenvalue weighted by Gasteiger charge is -2.26. The Kier molecular flexibility index (Phi) is 6.06. The predicted molar refractivity (Wildman–Crippen MR) is 125 cm³/mol. The van der Waals surface area contributed by atoms with Crippen molar-refractivity contribution in [1.29, 1.82) is 0 Å². The van der Waals surface area contributed by atoms with Gasteiger partial charge in [-0.2, -0.15) is 0 Å². The first-order valence-corrected chi connectivity index (χ1v) is 10.5. The number of benzene rings is 1. The van der Waals surface area contributed by atoms with Crippen molar-refractivity contribution in [2.24, 2.45) is 0 Å². The van der Waals surface area contributed by atoms with Crippen LogP contribution in [0.1, 0.15) is 27.0 Å². The third kappa shape index (κ3) is 4.34. The Hall–Kier alpha value is -4.58. The number of urea groups is 1. The number of nitrogens with zero attached hydrogens (tertiary/aromatic N) is 2. The minimum atomic E-state index is -1.60. The minimum absolute atomic E-state index is 0.113. The van der Waals surface area contributed by atoms with Crippen LogP contribution in [0.25, 0.3) is 5.57 Å². The second-order valence-corrected chi connectivity index (χ2v) is 7.86. The van der Waals surface area contributed by atoms with Crippen molar-refractivity contribution in [2.45, 2.75) is 12.1 Å². The van der Waals surface area contributed by atoms with Gasteiger partial charge in [-0.05, 0) is 41.6 Å². The van der Waals surface area contributed by atoms with E-state index in [0.717, 1.165) is 16.7 Å². The van der Waals surface area contributed by atoms with Gasteiger partial charge in [-0.1, -0.05) is 24.5 Å². The fourth-order valence-corrected chi connectivity index (χ4v) is 3.75. The molecule has 2 aliphatic heterocycles. The van der Waals surface area contributed by atoms with Crippen molar-refractivity contribution in [1.82, 2.24) is 25.8 Å². The number of pyridine rings is 1. The summed E-state index contributed by atoms with van der Waals surface area (Å²) in [6.45, 7) is 4.17. The molecule has 0 spiro atoms. The van der Waals surface area contributed by atoms with E-state index in [-0.39, 0.29) is 12.5 Å². The average molecular weight is 457 g/mol. The van der Waals surface area contributed by atoms with Gasteiger partial charge < -0.3 is 20.3 Å². The Morgan fingerprint density at radius 1 is 1.32 bits per heavy atom. The topological polar surface area (TPSA) is 113 Å². The van der Waals surface area contributed by atoms with Gasteiger partial charge in [0.15, 0.2) is 0 Å². The van der Waals surface area contributed by atoms with Crippen LogP contribution in [0.15, 0.2) is 55.5 Å². The van der Waals surface area contributed by atoms with E-state index in [1.165, 1.54) is 12.0 Å². The Morgan fingerprint density at radius 2 is 2.15 bits per heavy atom. The number of hydrogen-bond donors (Lipinski definition) is 3. The molecule has 34 heavy (non-hydrogen) atoms. The van der Waals surface area contributed by atoms with Crippen LogP contribution in [0.5, 0.6) is 5.75 Å². The van der Waals surface area contributed by atoms with E-state index < -0.39 is 17.5 Å². The van der Waals surface area contributed by atoms with E-state index in [1.807, 2.05) is 6.07 Å². The fraction of sp³-hybridized carbons (Fsp3) is 0.200. The lowest BCUT2D eigenvalue weighted by atomic mass is 9.99. The fourth-order valence-electron chi connectivity index (χ4n) is 3.75. The van der Waals surface area contributed by atoms with Crippen LogP contribution >= 0.6 is 0 Å². The van der Waals surface area contributed by atoms with Crippen LogP contribution < -0.4 is 20.7 Å². The summed E-state index contributed by atoms with van der Waals surface area (Å²) in [5.74, 6) is 5.50. The summed E-state index contributed by atoms with van der Waals surface area (Å²) >= 11 is 0. The van der Waals surface area contributed by atoms with Crippen LogP contribution in [0.4, 0.5) is 4.79 Å². The van der Waals surface area contributed by atoms with E-state index in [4.69, 9.17) is 4.74 Å². The van der Waals surface area contributed by atoms with Crippen LogP contribution in [-0.2, 0) is 11.3 Å². The molecule has 1 atom stereocenters. The summed E-state index contributed by atoms with van der Waals surface area (Å²) in [7, 11) is 3.31. The zero-order valence-electron chi connectivity index (χ0n) is 18.8. The standard InChI is InChI=1S/C25H23N5O4/c1-16(7-9-26-2)19-10-17(12-27-13-19)6-8-25(23(32)28-24(33)29-25)15-30-14-18-4-5-20(34-3)11-21(18)22(30)31/h4-5,7,9-13,26H,1,14-15H2,2-3H3,(H2,28,29,32,33)/b9-7-/t25-/m1/s1. The second-order valence-electron chi connectivity index (χ2n) is 7.86. The Labute approximate surface area is 196 Å². The number of nitrogens with one attached hydrogen (secondary N) is 3. The maximum Gasteiger partial charge on any atom is 0.323 e. The number of imide groups is 1. The Bertz CT molecular complexity index is 1290. The predicted octanol–water partition coefficient (Wildman–Crippen LogP) is 1.42. The van der Waals surface area contributed by atoms with Crippen molar-refractivity contribution >= 4 is 23.4 Å². The smallest absolute Gasteiger partial charge is 0.323 e. The maximum atomic E-state index is 13.0. The number of carbonyl (C=O) groups excluding carboxylic acids is 3. The van der Waals surface area contributed by atoms with Gasteiger partial charge in [-0.3, -0.25) is 19.9 Å². The van der Waals surface area contributed by atoms with Gasteiger partial charge in [0.05, 0.1) is 13.7 Å². The summed E-state index contributed by atoms with van der Waals surface area (Å²) in [5.41, 5.74) is 1.72. The molecule has 1 aromatic carbocycles. The molecule has 4 rings (SSSR count). The first-order valence-electron chi connectivity index (χ1n) is 10.5. The molecule has 0 aliphatic carbocycles. The molecule has 0 unspecified atom stereocenters. The summed E-state index contributed by atoms with van der Waals surface area (Å²) in [5, 5.41) is 7.73. The summed E-state index contributed by atoms with van der Waals surface area (Å²) < 4.78 is 5.21. The molecule has 3 heterocycles. The lowest BCUT2D eigenvalue weighted by Crippen LogP contribution is -2.54. The zero-order valence-corrected chi connectivity index (χ0v) is 18.8. The van der Waals surface area contributed by atoms with E-state index in [0.29, 0.717) is 23.4 Å². The summed E-state index contributed by atoms with van der Waals surface area (Å²) in [4.78, 5) is 43.5. The summed E-state index contributed by atoms with van der Waals surface area (Å²) in [6, 6.07) is 6.37. The molecule has 1 aromatic heterocycles. The highest BCUT2D eigenvalue weighted by Crippen LogP contribution is 2.28. The first-order chi connectivity index (χ1) is 16.3. The molecule has 172 valence electrons. The molecular formula is C25H23N5O4. The van der Waals surface area contributed by atoms with Crippen molar-refractivity contribution in [2.75, 3.05) is 20.7 Å². The van der Waals surface area contributed by atoms with Gasteiger partial charge in [-0.15, -0.1) is 0 Å². The van der Waals surface area contributed by atoms with Crippen LogP contribution in [-0.4, -0.2) is 54.0 Å². The number of hydrogen-bond acceptors (Lipinski definition) is 6. The van der Waals surface area contributed by atoms with Crippen molar-refractivity contribution in [3.63, 3.8) is 0 Å². The van der Waals surface area contributed by atoms with Gasteiger partial charge in [0, 0.05) is 42.7 Å². The normalized spacial score (nSPS) is 18.8. The molecule has 9 nitrogen and oxygen atoms in total.